The third-order valence-corrected chi connectivity index (χ3v) is 3.70. The van der Waals surface area contributed by atoms with E-state index >= 15 is 0 Å². The van der Waals surface area contributed by atoms with Gasteiger partial charge in [0.05, 0.1) is 0 Å². The Morgan fingerprint density at radius 1 is 1.40 bits per heavy atom. The van der Waals surface area contributed by atoms with E-state index < -0.39 is 0 Å². The predicted octanol–water partition coefficient (Wildman–Crippen LogP) is 1.39. The van der Waals surface area contributed by atoms with Crippen LogP contribution in [0.3, 0.4) is 0 Å². The number of piperidine rings is 1. The molecule has 1 amide bonds. The van der Waals surface area contributed by atoms with Crippen molar-refractivity contribution in [2.75, 3.05) is 20.1 Å². The minimum absolute atomic E-state index is 0.0541. The van der Waals surface area contributed by atoms with E-state index in [9.17, 15) is 4.79 Å². The number of hydrogen-bond donors (Lipinski definition) is 1. The molecule has 0 spiro atoms. The van der Waals surface area contributed by atoms with Crippen molar-refractivity contribution in [2.24, 2.45) is 5.92 Å². The first kappa shape index (κ1) is 10.9. The molecule has 1 N–H and O–H groups in total. The van der Waals surface area contributed by atoms with E-state index in [1.165, 1.54) is 12.8 Å². The Balaban J connectivity index is 1.78. The van der Waals surface area contributed by atoms with Crippen LogP contribution >= 0.6 is 0 Å². The molecule has 3 nitrogen and oxygen atoms in total. The molecule has 0 unspecified atom stereocenters. The Labute approximate surface area is 92.2 Å². The lowest BCUT2D eigenvalue weighted by Crippen LogP contribution is -2.52. The molecule has 0 aromatic carbocycles. The number of nitrogens with zero attached hydrogens (tertiary/aromatic N) is 1. The quantitative estimate of drug-likeness (QED) is 0.763. The lowest BCUT2D eigenvalue weighted by atomic mass is 9.89. The zero-order chi connectivity index (χ0) is 10.9. The van der Waals surface area contributed by atoms with Gasteiger partial charge in [0.2, 0.25) is 5.91 Å². The molecule has 1 aliphatic heterocycles. The molecule has 3 heteroatoms. The standard InChI is InChI=1S/C12H22N2O/c1-12(5-7-14(2)8-6-12)13-11(15)9-10-3-4-10/h10H,3-9H2,1-2H3,(H,13,15). The molecular weight excluding hydrogens is 188 g/mol. The number of nitrogens with one attached hydrogen (secondary N) is 1. The van der Waals surface area contributed by atoms with Crippen molar-refractivity contribution in [3.8, 4) is 0 Å². The molecule has 1 aliphatic carbocycles. The topological polar surface area (TPSA) is 32.3 Å². The molecule has 1 heterocycles. The molecular formula is C12H22N2O. The first-order chi connectivity index (χ1) is 7.07. The Hall–Kier alpha value is -0.570. The van der Waals surface area contributed by atoms with Gasteiger partial charge >= 0.3 is 0 Å². The van der Waals surface area contributed by atoms with Crippen LogP contribution in [0.15, 0.2) is 0 Å². The van der Waals surface area contributed by atoms with E-state index in [2.05, 4.69) is 24.2 Å². The fourth-order valence-electron chi connectivity index (χ4n) is 2.21. The maximum atomic E-state index is 11.7. The summed E-state index contributed by atoms with van der Waals surface area (Å²) >= 11 is 0. The summed E-state index contributed by atoms with van der Waals surface area (Å²) in [6.45, 7) is 4.38. The second-order valence-corrected chi connectivity index (χ2v) is 5.56. The van der Waals surface area contributed by atoms with Crippen molar-refractivity contribution in [2.45, 2.75) is 44.6 Å². The first-order valence-electron chi connectivity index (χ1n) is 6.07. The highest BCUT2D eigenvalue weighted by molar-refractivity contribution is 5.77. The largest absolute Gasteiger partial charge is 0.351 e. The number of carbonyl (C=O) groups excluding carboxylic acids is 1. The predicted molar refractivity (Wildman–Crippen MR) is 60.6 cm³/mol. The molecule has 1 saturated carbocycles. The molecule has 0 aromatic rings. The van der Waals surface area contributed by atoms with Crippen LogP contribution in [0.2, 0.25) is 0 Å². The third-order valence-electron chi connectivity index (χ3n) is 3.70. The molecule has 0 bridgehead atoms. The van der Waals surface area contributed by atoms with E-state index in [-0.39, 0.29) is 11.4 Å². The Morgan fingerprint density at radius 2 is 2.00 bits per heavy atom. The van der Waals surface area contributed by atoms with Gasteiger partial charge in [0.15, 0.2) is 0 Å². The Bertz CT molecular complexity index is 240. The molecule has 15 heavy (non-hydrogen) atoms. The van der Waals surface area contributed by atoms with Crippen molar-refractivity contribution in [3.05, 3.63) is 0 Å². The summed E-state index contributed by atoms with van der Waals surface area (Å²) in [5.74, 6) is 0.962. The fraction of sp³-hybridized carbons (Fsp3) is 0.917. The van der Waals surface area contributed by atoms with Crippen molar-refractivity contribution in [1.82, 2.24) is 10.2 Å². The monoisotopic (exact) mass is 210 g/mol. The fourth-order valence-corrected chi connectivity index (χ4v) is 2.21. The van der Waals surface area contributed by atoms with Crippen LogP contribution in [0.4, 0.5) is 0 Å². The SMILES string of the molecule is CN1CCC(C)(NC(=O)CC2CC2)CC1. The highest BCUT2D eigenvalue weighted by Crippen LogP contribution is 2.32. The van der Waals surface area contributed by atoms with Crippen LogP contribution in [-0.4, -0.2) is 36.5 Å². The van der Waals surface area contributed by atoms with Crippen LogP contribution in [0.5, 0.6) is 0 Å². The minimum Gasteiger partial charge on any atom is -0.351 e. The van der Waals surface area contributed by atoms with E-state index in [1.807, 2.05) is 0 Å². The minimum atomic E-state index is 0.0541. The van der Waals surface area contributed by atoms with Gasteiger partial charge in [-0.15, -0.1) is 0 Å². The third kappa shape index (κ3) is 3.20. The molecule has 0 atom stereocenters. The summed E-state index contributed by atoms with van der Waals surface area (Å²) in [6.07, 6.45) is 5.44. The Morgan fingerprint density at radius 3 is 2.53 bits per heavy atom. The maximum absolute atomic E-state index is 11.7. The van der Waals surface area contributed by atoms with Crippen molar-refractivity contribution in [1.29, 1.82) is 0 Å². The highest BCUT2D eigenvalue weighted by atomic mass is 16.1. The smallest absolute Gasteiger partial charge is 0.220 e. The van der Waals surface area contributed by atoms with E-state index in [4.69, 9.17) is 0 Å². The maximum Gasteiger partial charge on any atom is 0.220 e. The average Bonchev–Trinajstić information content (AvgIpc) is 2.94. The first-order valence-corrected chi connectivity index (χ1v) is 6.07. The van der Waals surface area contributed by atoms with Gasteiger partial charge in [-0.25, -0.2) is 0 Å². The van der Waals surface area contributed by atoms with Gasteiger partial charge < -0.3 is 10.2 Å². The van der Waals surface area contributed by atoms with Gasteiger partial charge in [-0.05, 0) is 45.6 Å². The zero-order valence-electron chi connectivity index (χ0n) is 9.88. The summed E-state index contributed by atoms with van der Waals surface area (Å²) < 4.78 is 0. The van der Waals surface area contributed by atoms with E-state index in [0.29, 0.717) is 5.92 Å². The summed E-state index contributed by atoms with van der Waals surface area (Å²) in [5.41, 5.74) is 0.0541. The van der Waals surface area contributed by atoms with Crippen molar-refractivity contribution < 1.29 is 4.79 Å². The highest BCUT2D eigenvalue weighted by Gasteiger charge is 2.32. The number of likely N-dealkylation sites (tertiary alicyclic amines) is 1. The lowest BCUT2D eigenvalue weighted by Gasteiger charge is -2.38. The molecule has 86 valence electrons. The van der Waals surface area contributed by atoms with Gasteiger partial charge in [0.25, 0.3) is 0 Å². The molecule has 0 radical (unpaired) electrons. The second kappa shape index (κ2) is 4.12. The van der Waals surface area contributed by atoms with Crippen LogP contribution in [0.25, 0.3) is 0 Å². The molecule has 0 aromatic heterocycles. The molecule has 2 fully saturated rings. The summed E-state index contributed by atoms with van der Waals surface area (Å²) in [4.78, 5) is 14.1. The van der Waals surface area contributed by atoms with Crippen LogP contribution < -0.4 is 5.32 Å². The van der Waals surface area contributed by atoms with Gasteiger partial charge in [-0.3, -0.25) is 4.79 Å². The normalized spacial score (nSPS) is 26.3. The molecule has 2 aliphatic rings. The van der Waals surface area contributed by atoms with Crippen molar-refractivity contribution >= 4 is 5.91 Å². The number of hydrogen-bond acceptors (Lipinski definition) is 2. The van der Waals surface area contributed by atoms with Gasteiger partial charge in [-0.1, -0.05) is 0 Å². The van der Waals surface area contributed by atoms with E-state index in [1.54, 1.807) is 0 Å². The molecule has 2 rings (SSSR count). The zero-order valence-corrected chi connectivity index (χ0v) is 9.88. The van der Waals surface area contributed by atoms with Gasteiger partial charge in [0.1, 0.15) is 0 Å². The summed E-state index contributed by atoms with van der Waals surface area (Å²) in [7, 11) is 2.14. The second-order valence-electron chi connectivity index (χ2n) is 5.56. The average molecular weight is 210 g/mol. The number of carbonyl (C=O) groups is 1. The van der Waals surface area contributed by atoms with Crippen LogP contribution in [-0.2, 0) is 4.79 Å². The number of amides is 1. The van der Waals surface area contributed by atoms with Gasteiger partial charge in [-0.2, -0.15) is 0 Å². The van der Waals surface area contributed by atoms with Crippen LogP contribution in [0, 0.1) is 5.92 Å². The van der Waals surface area contributed by atoms with Crippen LogP contribution in [0.1, 0.15) is 39.0 Å². The lowest BCUT2D eigenvalue weighted by molar-refractivity contribution is -0.123. The molecule has 1 saturated heterocycles. The Kier molecular flexibility index (Phi) is 3.01. The van der Waals surface area contributed by atoms with Crippen molar-refractivity contribution in [3.63, 3.8) is 0 Å². The summed E-state index contributed by atoms with van der Waals surface area (Å²) in [6, 6.07) is 0. The summed E-state index contributed by atoms with van der Waals surface area (Å²) in [5, 5.41) is 3.22. The van der Waals surface area contributed by atoms with E-state index in [0.717, 1.165) is 32.4 Å². The van der Waals surface area contributed by atoms with Gasteiger partial charge in [0, 0.05) is 25.0 Å². The number of rotatable bonds is 3.